The van der Waals surface area contributed by atoms with Crippen molar-refractivity contribution in [3.63, 3.8) is 0 Å². The molecule has 2 nitrogen and oxygen atoms in total. The average molecular weight is 180 g/mol. The van der Waals surface area contributed by atoms with Crippen LogP contribution < -0.4 is 0 Å². The van der Waals surface area contributed by atoms with E-state index in [-0.39, 0.29) is 0 Å². The van der Waals surface area contributed by atoms with Crippen LogP contribution in [0.3, 0.4) is 0 Å². The molecule has 13 heavy (non-hydrogen) atoms. The zero-order valence-corrected chi connectivity index (χ0v) is 8.25. The van der Waals surface area contributed by atoms with Gasteiger partial charge in [-0.05, 0) is 25.5 Å². The van der Waals surface area contributed by atoms with Crippen LogP contribution in [0.1, 0.15) is 20.3 Å². The number of aldehydes is 1. The summed E-state index contributed by atoms with van der Waals surface area (Å²) in [5.41, 5.74) is 0.656. The molecule has 0 aromatic carbocycles. The van der Waals surface area contributed by atoms with Crippen molar-refractivity contribution < 1.29 is 9.53 Å². The van der Waals surface area contributed by atoms with Gasteiger partial charge in [0.1, 0.15) is 12.0 Å². The molecule has 0 aliphatic heterocycles. The summed E-state index contributed by atoms with van der Waals surface area (Å²) in [5.74, 6) is 0.575. The molecule has 0 aliphatic carbocycles. The summed E-state index contributed by atoms with van der Waals surface area (Å²) in [5, 5.41) is 0. The molecular formula is C11H16O2. The molecular weight excluding hydrogens is 164 g/mol. The summed E-state index contributed by atoms with van der Waals surface area (Å²) in [6.07, 6.45) is 6.91. The average Bonchev–Trinajstić information content (AvgIpc) is 2.12. The van der Waals surface area contributed by atoms with E-state index < -0.39 is 0 Å². The van der Waals surface area contributed by atoms with Crippen LogP contribution in [-0.2, 0) is 9.53 Å². The monoisotopic (exact) mass is 180 g/mol. The van der Waals surface area contributed by atoms with Crippen molar-refractivity contribution in [2.45, 2.75) is 20.3 Å². The van der Waals surface area contributed by atoms with Gasteiger partial charge in [-0.15, -0.1) is 0 Å². The van der Waals surface area contributed by atoms with Crippen LogP contribution in [-0.4, -0.2) is 12.9 Å². The van der Waals surface area contributed by atoms with Crippen LogP contribution in [0, 0.1) is 0 Å². The topological polar surface area (TPSA) is 26.3 Å². The SMILES string of the molecule is C=C(/C=C\C(C=O)=C/CC)OCC. The second kappa shape index (κ2) is 7.35. The van der Waals surface area contributed by atoms with Crippen LogP contribution in [0.4, 0.5) is 0 Å². The van der Waals surface area contributed by atoms with Crippen molar-refractivity contribution in [2.75, 3.05) is 6.61 Å². The summed E-state index contributed by atoms with van der Waals surface area (Å²) >= 11 is 0. The van der Waals surface area contributed by atoms with E-state index in [9.17, 15) is 4.79 Å². The van der Waals surface area contributed by atoms with Gasteiger partial charge in [-0.3, -0.25) is 4.79 Å². The summed E-state index contributed by atoms with van der Waals surface area (Å²) < 4.78 is 5.09. The van der Waals surface area contributed by atoms with Gasteiger partial charge in [0.05, 0.1) is 6.61 Å². The predicted octanol–water partition coefficient (Wildman–Crippen LogP) is 2.63. The van der Waals surface area contributed by atoms with Crippen molar-refractivity contribution in [3.8, 4) is 0 Å². The highest BCUT2D eigenvalue weighted by Gasteiger charge is 1.88. The normalized spacial score (nSPS) is 11.7. The van der Waals surface area contributed by atoms with Gasteiger partial charge >= 0.3 is 0 Å². The molecule has 0 radical (unpaired) electrons. The number of hydrogen-bond acceptors (Lipinski definition) is 2. The molecule has 72 valence electrons. The van der Waals surface area contributed by atoms with Crippen LogP contribution in [0.15, 0.2) is 36.1 Å². The van der Waals surface area contributed by atoms with Gasteiger partial charge < -0.3 is 4.74 Å². The molecule has 0 unspecified atom stereocenters. The van der Waals surface area contributed by atoms with E-state index in [0.717, 1.165) is 12.7 Å². The molecule has 0 saturated heterocycles. The van der Waals surface area contributed by atoms with Crippen molar-refractivity contribution in [1.82, 2.24) is 0 Å². The van der Waals surface area contributed by atoms with E-state index in [4.69, 9.17) is 4.74 Å². The minimum absolute atomic E-state index is 0.575. The Bertz CT molecular complexity index is 224. The van der Waals surface area contributed by atoms with Crippen molar-refractivity contribution in [3.05, 3.63) is 36.1 Å². The van der Waals surface area contributed by atoms with Gasteiger partial charge in [0.15, 0.2) is 0 Å². The highest BCUT2D eigenvalue weighted by Crippen LogP contribution is 2.00. The Balaban J connectivity index is 4.14. The Morgan fingerprint density at radius 3 is 2.54 bits per heavy atom. The first-order valence-electron chi connectivity index (χ1n) is 4.39. The summed E-state index contributed by atoms with van der Waals surface area (Å²) in [4.78, 5) is 10.5. The van der Waals surface area contributed by atoms with Gasteiger partial charge in [-0.2, -0.15) is 0 Å². The van der Waals surface area contributed by atoms with Gasteiger partial charge in [0, 0.05) is 5.57 Å². The summed E-state index contributed by atoms with van der Waals surface area (Å²) in [6.45, 7) is 8.12. The third-order valence-corrected chi connectivity index (χ3v) is 1.37. The Morgan fingerprint density at radius 1 is 1.38 bits per heavy atom. The number of hydrogen-bond donors (Lipinski definition) is 0. The summed E-state index contributed by atoms with van der Waals surface area (Å²) in [6, 6.07) is 0. The first-order chi connectivity index (χ1) is 6.24. The van der Waals surface area contributed by atoms with Gasteiger partial charge in [0.2, 0.25) is 0 Å². The van der Waals surface area contributed by atoms with Crippen LogP contribution >= 0.6 is 0 Å². The van der Waals surface area contributed by atoms with E-state index in [2.05, 4.69) is 6.58 Å². The molecule has 0 rings (SSSR count). The number of carbonyl (C=O) groups excluding carboxylic acids is 1. The third-order valence-electron chi connectivity index (χ3n) is 1.37. The first-order valence-corrected chi connectivity index (χ1v) is 4.39. The minimum Gasteiger partial charge on any atom is -0.495 e. The number of ether oxygens (including phenoxy) is 1. The maximum Gasteiger partial charge on any atom is 0.149 e. The van der Waals surface area contributed by atoms with Crippen LogP contribution in [0.5, 0.6) is 0 Å². The van der Waals surface area contributed by atoms with Gasteiger partial charge in [-0.25, -0.2) is 0 Å². The molecule has 0 amide bonds. The van der Waals surface area contributed by atoms with E-state index in [1.54, 1.807) is 12.2 Å². The minimum atomic E-state index is 0.575. The van der Waals surface area contributed by atoms with Gasteiger partial charge in [0.25, 0.3) is 0 Å². The second-order valence-electron chi connectivity index (χ2n) is 2.46. The molecule has 0 heterocycles. The fourth-order valence-corrected chi connectivity index (χ4v) is 0.814. The molecule has 0 bridgehead atoms. The molecule has 0 spiro atoms. The van der Waals surface area contributed by atoms with E-state index in [1.165, 1.54) is 0 Å². The fourth-order valence-electron chi connectivity index (χ4n) is 0.814. The number of rotatable bonds is 6. The molecule has 0 aliphatic rings. The quantitative estimate of drug-likeness (QED) is 0.272. The zero-order chi connectivity index (χ0) is 10.1. The van der Waals surface area contributed by atoms with Crippen molar-refractivity contribution in [1.29, 1.82) is 0 Å². The molecule has 0 atom stereocenters. The Morgan fingerprint density at radius 2 is 2.08 bits per heavy atom. The number of allylic oxidation sites excluding steroid dienone is 4. The zero-order valence-electron chi connectivity index (χ0n) is 8.25. The Kier molecular flexibility index (Phi) is 6.60. The summed E-state index contributed by atoms with van der Waals surface area (Å²) in [7, 11) is 0. The third kappa shape index (κ3) is 5.91. The molecule has 0 fully saturated rings. The standard InChI is InChI=1S/C11H16O2/c1-4-6-11(9-12)8-7-10(3)13-5-2/h6-9H,3-5H2,1-2H3/b8-7-,11-6+. The highest BCUT2D eigenvalue weighted by atomic mass is 16.5. The molecule has 0 aromatic rings. The van der Waals surface area contributed by atoms with Crippen molar-refractivity contribution >= 4 is 6.29 Å². The predicted molar refractivity (Wildman–Crippen MR) is 54.3 cm³/mol. The first kappa shape index (κ1) is 11.7. The Labute approximate surface area is 79.6 Å². The molecule has 0 saturated carbocycles. The highest BCUT2D eigenvalue weighted by molar-refractivity contribution is 5.77. The second-order valence-corrected chi connectivity index (χ2v) is 2.46. The van der Waals surface area contributed by atoms with Crippen molar-refractivity contribution in [2.24, 2.45) is 0 Å². The van der Waals surface area contributed by atoms with E-state index >= 15 is 0 Å². The lowest BCUT2D eigenvalue weighted by Crippen LogP contribution is -1.86. The lowest BCUT2D eigenvalue weighted by molar-refractivity contribution is -0.104. The van der Waals surface area contributed by atoms with Gasteiger partial charge in [-0.1, -0.05) is 19.6 Å². The maximum absolute atomic E-state index is 10.5. The van der Waals surface area contributed by atoms with Crippen LogP contribution in [0.2, 0.25) is 0 Å². The number of carbonyl (C=O) groups is 1. The Hall–Kier alpha value is -1.31. The molecule has 0 N–H and O–H groups in total. The molecule has 0 aromatic heterocycles. The van der Waals surface area contributed by atoms with E-state index in [1.807, 2.05) is 19.9 Å². The molecule has 2 heteroatoms. The van der Waals surface area contributed by atoms with E-state index in [0.29, 0.717) is 17.9 Å². The van der Waals surface area contributed by atoms with Crippen LogP contribution in [0.25, 0.3) is 0 Å². The largest absolute Gasteiger partial charge is 0.495 e. The maximum atomic E-state index is 10.5. The lowest BCUT2D eigenvalue weighted by atomic mass is 10.2. The smallest absolute Gasteiger partial charge is 0.149 e. The fraction of sp³-hybridized carbons (Fsp3) is 0.364. The lowest BCUT2D eigenvalue weighted by Gasteiger charge is -1.99.